The molecule has 0 aliphatic carbocycles. The maximum absolute atomic E-state index is 12.9. The highest BCUT2D eigenvalue weighted by atomic mass is 32.2. The fourth-order valence-corrected chi connectivity index (χ4v) is 4.06. The van der Waals surface area contributed by atoms with Crippen LogP contribution in [0.3, 0.4) is 0 Å². The van der Waals surface area contributed by atoms with Gasteiger partial charge in [-0.1, -0.05) is 36.4 Å². The minimum atomic E-state index is -0.296. The number of imide groups is 1. The molecule has 1 saturated heterocycles. The number of carbonyl (C=O) groups is 2. The third-order valence-corrected chi connectivity index (χ3v) is 5.61. The fraction of sp³-hybridized carbons (Fsp3) is 0.130. The van der Waals surface area contributed by atoms with Crippen molar-refractivity contribution in [1.82, 2.24) is 4.90 Å². The Balaban J connectivity index is 1.59. The van der Waals surface area contributed by atoms with Gasteiger partial charge in [-0.15, -0.1) is 0 Å². The zero-order valence-electron chi connectivity index (χ0n) is 16.0. The molecular formula is C23H19NO4S. The summed E-state index contributed by atoms with van der Waals surface area (Å²) in [5, 5.41) is 1.93. The summed E-state index contributed by atoms with van der Waals surface area (Å²) in [5.41, 5.74) is 1.65. The van der Waals surface area contributed by atoms with Crippen LogP contribution in [0.1, 0.15) is 11.1 Å². The van der Waals surface area contributed by atoms with E-state index in [2.05, 4.69) is 0 Å². The van der Waals surface area contributed by atoms with Crippen molar-refractivity contribution in [3.8, 4) is 11.5 Å². The van der Waals surface area contributed by atoms with Crippen molar-refractivity contribution in [2.45, 2.75) is 6.54 Å². The number of hydrogen-bond donors (Lipinski definition) is 0. The van der Waals surface area contributed by atoms with Crippen molar-refractivity contribution in [2.75, 3.05) is 14.2 Å². The fourth-order valence-electron chi connectivity index (χ4n) is 3.22. The number of thioether (sulfide) groups is 1. The molecular weight excluding hydrogens is 386 g/mol. The van der Waals surface area contributed by atoms with E-state index < -0.39 is 0 Å². The first-order valence-electron chi connectivity index (χ1n) is 9.03. The lowest BCUT2D eigenvalue weighted by atomic mass is 10.1. The summed E-state index contributed by atoms with van der Waals surface area (Å²) >= 11 is 0.943. The van der Waals surface area contributed by atoms with Gasteiger partial charge in [-0.05, 0) is 57.9 Å². The molecule has 3 aromatic rings. The van der Waals surface area contributed by atoms with Crippen LogP contribution in [0.5, 0.6) is 11.5 Å². The lowest BCUT2D eigenvalue weighted by Crippen LogP contribution is -2.27. The standard InChI is InChI=1S/C23H19NO4S/c1-27-19-10-16(11-20(13-19)28-2)12-21-22(25)24(23(26)29-21)14-15-7-8-17-5-3-4-6-18(17)9-15/h3-13H,14H2,1-2H3/b21-12-. The van der Waals surface area contributed by atoms with Crippen molar-refractivity contribution in [3.63, 3.8) is 0 Å². The van der Waals surface area contributed by atoms with E-state index >= 15 is 0 Å². The van der Waals surface area contributed by atoms with Crippen molar-refractivity contribution in [2.24, 2.45) is 0 Å². The summed E-state index contributed by atoms with van der Waals surface area (Å²) in [4.78, 5) is 27.0. The summed E-state index contributed by atoms with van der Waals surface area (Å²) in [6.45, 7) is 0.244. The molecule has 1 heterocycles. The number of rotatable bonds is 5. The second kappa shape index (κ2) is 8.01. The molecule has 0 atom stereocenters. The van der Waals surface area contributed by atoms with E-state index in [9.17, 15) is 9.59 Å². The molecule has 5 nitrogen and oxygen atoms in total. The highest BCUT2D eigenvalue weighted by Crippen LogP contribution is 2.34. The minimum absolute atomic E-state index is 0.244. The maximum atomic E-state index is 12.9. The summed E-state index contributed by atoms with van der Waals surface area (Å²) in [6.07, 6.45) is 1.69. The van der Waals surface area contributed by atoms with Gasteiger partial charge < -0.3 is 9.47 Å². The van der Waals surface area contributed by atoms with Crippen LogP contribution in [0.2, 0.25) is 0 Å². The summed E-state index contributed by atoms with van der Waals surface area (Å²) in [5.74, 6) is 0.937. The van der Waals surface area contributed by atoms with Gasteiger partial charge in [-0.25, -0.2) is 0 Å². The minimum Gasteiger partial charge on any atom is -0.497 e. The Labute approximate surface area is 172 Å². The second-order valence-electron chi connectivity index (χ2n) is 6.60. The van der Waals surface area contributed by atoms with Crippen LogP contribution in [0.4, 0.5) is 4.79 Å². The topological polar surface area (TPSA) is 55.8 Å². The van der Waals surface area contributed by atoms with Gasteiger partial charge in [0.15, 0.2) is 0 Å². The number of benzene rings is 3. The molecule has 0 N–H and O–H groups in total. The molecule has 0 radical (unpaired) electrons. The molecule has 6 heteroatoms. The first-order valence-corrected chi connectivity index (χ1v) is 9.85. The van der Waals surface area contributed by atoms with Gasteiger partial charge in [0.05, 0.1) is 25.7 Å². The Morgan fingerprint density at radius 2 is 1.59 bits per heavy atom. The highest BCUT2D eigenvalue weighted by Gasteiger charge is 2.35. The van der Waals surface area contributed by atoms with Gasteiger partial charge in [0, 0.05) is 6.07 Å². The van der Waals surface area contributed by atoms with Crippen LogP contribution in [0.25, 0.3) is 16.8 Å². The van der Waals surface area contributed by atoms with Gasteiger partial charge in [0.2, 0.25) is 0 Å². The Morgan fingerprint density at radius 1 is 0.897 bits per heavy atom. The van der Waals surface area contributed by atoms with E-state index in [-0.39, 0.29) is 17.7 Å². The SMILES string of the molecule is COc1cc(/C=C2\SC(=O)N(Cc3ccc4ccccc4c3)C2=O)cc(OC)c1. The van der Waals surface area contributed by atoms with E-state index in [1.807, 2.05) is 42.5 Å². The molecule has 0 saturated carbocycles. The average Bonchev–Trinajstić information content (AvgIpc) is 3.00. The molecule has 146 valence electrons. The summed E-state index contributed by atoms with van der Waals surface area (Å²) in [6, 6.07) is 19.3. The lowest BCUT2D eigenvalue weighted by Gasteiger charge is -2.13. The van der Waals surface area contributed by atoms with E-state index in [1.165, 1.54) is 4.90 Å². The van der Waals surface area contributed by atoms with Crippen LogP contribution in [-0.2, 0) is 11.3 Å². The molecule has 29 heavy (non-hydrogen) atoms. The molecule has 1 aliphatic rings. The second-order valence-corrected chi connectivity index (χ2v) is 7.59. The predicted molar refractivity (Wildman–Crippen MR) is 115 cm³/mol. The number of hydrogen-bond acceptors (Lipinski definition) is 5. The summed E-state index contributed by atoms with van der Waals surface area (Å²) < 4.78 is 10.5. The quantitative estimate of drug-likeness (QED) is 0.553. The first kappa shape index (κ1) is 19.1. The zero-order chi connectivity index (χ0) is 20.4. The molecule has 3 aromatic carbocycles. The van der Waals surface area contributed by atoms with E-state index in [1.54, 1.807) is 38.5 Å². The lowest BCUT2D eigenvalue weighted by molar-refractivity contribution is -0.123. The number of nitrogens with zero attached hydrogens (tertiary/aromatic N) is 1. The Hall–Kier alpha value is -3.25. The molecule has 0 bridgehead atoms. The highest BCUT2D eigenvalue weighted by molar-refractivity contribution is 8.18. The molecule has 4 rings (SSSR count). The van der Waals surface area contributed by atoms with Crippen LogP contribution in [-0.4, -0.2) is 30.3 Å². The number of fused-ring (bicyclic) bond motifs is 1. The van der Waals surface area contributed by atoms with Gasteiger partial charge in [0.1, 0.15) is 11.5 Å². The van der Waals surface area contributed by atoms with Crippen molar-refractivity contribution in [3.05, 3.63) is 76.7 Å². The third-order valence-electron chi connectivity index (χ3n) is 4.70. The molecule has 2 amide bonds. The Kier molecular flexibility index (Phi) is 5.27. The third kappa shape index (κ3) is 3.98. The largest absolute Gasteiger partial charge is 0.497 e. The van der Waals surface area contributed by atoms with Crippen LogP contribution < -0.4 is 9.47 Å². The molecule has 0 spiro atoms. The Bertz CT molecular complexity index is 1120. The molecule has 1 fully saturated rings. The van der Waals surface area contributed by atoms with Crippen molar-refractivity contribution < 1.29 is 19.1 Å². The number of methoxy groups -OCH3 is 2. The van der Waals surface area contributed by atoms with Gasteiger partial charge in [0.25, 0.3) is 11.1 Å². The monoisotopic (exact) mass is 405 g/mol. The van der Waals surface area contributed by atoms with Crippen LogP contribution in [0.15, 0.2) is 65.6 Å². The van der Waals surface area contributed by atoms with Crippen LogP contribution >= 0.6 is 11.8 Å². The molecule has 1 aliphatic heterocycles. The van der Waals surface area contributed by atoms with E-state index in [4.69, 9.17) is 9.47 Å². The number of ether oxygens (including phenoxy) is 2. The van der Waals surface area contributed by atoms with Crippen molar-refractivity contribution >= 4 is 39.8 Å². The van der Waals surface area contributed by atoms with Gasteiger partial charge in [-0.2, -0.15) is 0 Å². The van der Waals surface area contributed by atoms with Crippen molar-refractivity contribution in [1.29, 1.82) is 0 Å². The smallest absolute Gasteiger partial charge is 0.293 e. The van der Waals surface area contributed by atoms with Gasteiger partial charge >= 0.3 is 0 Å². The average molecular weight is 405 g/mol. The summed E-state index contributed by atoms with van der Waals surface area (Å²) in [7, 11) is 3.13. The predicted octanol–water partition coefficient (Wildman–Crippen LogP) is 5.09. The Morgan fingerprint density at radius 3 is 2.28 bits per heavy atom. The molecule has 0 aromatic heterocycles. The normalized spacial score (nSPS) is 15.4. The van der Waals surface area contributed by atoms with Crippen LogP contribution in [0, 0.1) is 0 Å². The maximum Gasteiger partial charge on any atom is 0.293 e. The zero-order valence-corrected chi connectivity index (χ0v) is 16.9. The van der Waals surface area contributed by atoms with E-state index in [0.29, 0.717) is 16.4 Å². The number of amides is 2. The molecule has 0 unspecified atom stereocenters. The first-order chi connectivity index (χ1) is 14.1. The van der Waals surface area contributed by atoms with E-state index in [0.717, 1.165) is 33.7 Å². The van der Waals surface area contributed by atoms with Gasteiger partial charge in [-0.3, -0.25) is 14.5 Å². The number of carbonyl (C=O) groups excluding carboxylic acids is 2.